The molecule has 0 aromatic heterocycles. The molecule has 0 unspecified atom stereocenters. The number of rotatable bonds is 5. The van der Waals surface area contributed by atoms with Gasteiger partial charge in [0.15, 0.2) is 0 Å². The summed E-state index contributed by atoms with van der Waals surface area (Å²) in [6.07, 6.45) is 2.60. The quantitative estimate of drug-likeness (QED) is 0.813. The van der Waals surface area contributed by atoms with E-state index in [-0.39, 0.29) is 5.91 Å². The van der Waals surface area contributed by atoms with Gasteiger partial charge in [0.1, 0.15) is 6.07 Å². The lowest BCUT2D eigenvalue weighted by atomic mass is 10.1. The summed E-state index contributed by atoms with van der Waals surface area (Å²) in [5.74, 6) is -0.235. The Morgan fingerprint density at radius 3 is 2.88 bits per heavy atom. The molecule has 0 radical (unpaired) electrons. The molecule has 0 aliphatic heterocycles. The average Bonchev–Trinajstić information content (AvgIpc) is 2.36. The molecule has 0 saturated heterocycles. The molecule has 17 heavy (non-hydrogen) atoms. The predicted octanol–water partition coefficient (Wildman–Crippen LogP) is 2.01. The second-order valence-electron chi connectivity index (χ2n) is 3.90. The molecule has 90 valence electrons. The molecule has 1 atom stereocenters. The van der Waals surface area contributed by atoms with Gasteiger partial charge < -0.3 is 11.1 Å². The van der Waals surface area contributed by atoms with Gasteiger partial charge in [-0.3, -0.25) is 4.79 Å². The first-order chi connectivity index (χ1) is 8.19. The van der Waals surface area contributed by atoms with E-state index in [1.165, 1.54) is 0 Å². The molecular weight excluding hydrogens is 214 g/mol. The van der Waals surface area contributed by atoms with Crippen molar-refractivity contribution in [2.24, 2.45) is 5.73 Å². The fourth-order valence-electron chi connectivity index (χ4n) is 1.47. The minimum atomic E-state index is -0.512. The number of carbonyl (C=O) groups excluding carboxylic acids is 1. The lowest BCUT2D eigenvalue weighted by Gasteiger charge is -2.12. The van der Waals surface area contributed by atoms with E-state index in [9.17, 15) is 4.79 Å². The molecule has 0 aliphatic carbocycles. The highest BCUT2D eigenvalue weighted by Crippen LogP contribution is 2.14. The summed E-state index contributed by atoms with van der Waals surface area (Å²) >= 11 is 0. The van der Waals surface area contributed by atoms with Gasteiger partial charge in [0.2, 0.25) is 5.91 Å². The maximum absolute atomic E-state index is 11.7. The molecule has 1 rings (SSSR count). The lowest BCUT2D eigenvalue weighted by molar-refractivity contribution is -0.117. The molecule has 0 spiro atoms. The van der Waals surface area contributed by atoms with E-state index in [2.05, 4.69) is 12.2 Å². The molecule has 1 aromatic rings. The van der Waals surface area contributed by atoms with Crippen LogP contribution in [0.4, 0.5) is 5.69 Å². The van der Waals surface area contributed by atoms with E-state index in [0.29, 0.717) is 17.7 Å². The first kappa shape index (κ1) is 13.2. The van der Waals surface area contributed by atoms with Crippen LogP contribution in [-0.2, 0) is 4.79 Å². The number of nitrogens with zero attached hydrogens (tertiary/aromatic N) is 1. The highest BCUT2D eigenvalue weighted by molar-refractivity contribution is 5.95. The molecule has 4 heteroatoms. The third-order valence-electron chi connectivity index (χ3n) is 2.51. The minimum absolute atomic E-state index is 0.235. The van der Waals surface area contributed by atoms with Crippen LogP contribution in [0.5, 0.6) is 0 Å². The number of carbonyl (C=O) groups is 1. The van der Waals surface area contributed by atoms with Crippen LogP contribution in [0.1, 0.15) is 31.7 Å². The molecule has 0 heterocycles. The van der Waals surface area contributed by atoms with Crippen molar-refractivity contribution >= 4 is 11.6 Å². The summed E-state index contributed by atoms with van der Waals surface area (Å²) in [5.41, 5.74) is 6.72. The van der Waals surface area contributed by atoms with Crippen LogP contribution in [0.15, 0.2) is 24.3 Å². The number of nitrogens with one attached hydrogen (secondary N) is 1. The van der Waals surface area contributed by atoms with Gasteiger partial charge in [-0.2, -0.15) is 5.26 Å². The van der Waals surface area contributed by atoms with Crippen LogP contribution in [0.3, 0.4) is 0 Å². The fourth-order valence-corrected chi connectivity index (χ4v) is 1.47. The third kappa shape index (κ3) is 3.89. The second kappa shape index (κ2) is 6.66. The minimum Gasteiger partial charge on any atom is -0.324 e. The Hall–Kier alpha value is -1.86. The summed E-state index contributed by atoms with van der Waals surface area (Å²) in [6.45, 7) is 2.05. The summed E-state index contributed by atoms with van der Waals surface area (Å²) in [4.78, 5) is 11.7. The van der Waals surface area contributed by atoms with Crippen molar-refractivity contribution in [3.05, 3.63) is 29.8 Å². The fraction of sp³-hybridized carbons (Fsp3) is 0.385. The largest absolute Gasteiger partial charge is 0.324 e. The number of para-hydroxylation sites is 1. The normalized spacial score (nSPS) is 11.6. The summed E-state index contributed by atoms with van der Waals surface area (Å²) in [5, 5.41) is 11.6. The van der Waals surface area contributed by atoms with Gasteiger partial charge in [-0.25, -0.2) is 0 Å². The van der Waals surface area contributed by atoms with Crippen molar-refractivity contribution in [3.8, 4) is 6.07 Å². The Morgan fingerprint density at radius 1 is 1.53 bits per heavy atom. The SMILES string of the molecule is CCCC[C@H](N)C(=O)Nc1ccccc1C#N. The first-order valence-corrected chi connectivity index (χ1v) is 5.74. The molecule has 3 N–H and O–H groups in total. The maximum Gasteiger partial charge on any atom is 0.241 e. The van der Waals surface area contributed by atoms with E-state index < -0.39 is 6.04 Å². The standard InChI is InChI=1S/C13H17N3O/c1-2-3-7-11(15)13(17)16-12-8-5-4-6-10(12)9-14/h4-6,8,11H,2-3,7,15H2,1H3,(H,16,17)/t11-/m0/s1. The van der Waals surface area contributed by atoms with Gasteiger partial charge in [0, 0.05) is 0 Å². The molecule has 0 aliphatic rings. The van der Waals surface area contributed by atoms with E-state index in [0.717, 1.165) is 12.8 Å². The zero-order valence-electron chi connectivity index (χ0n) is 9.94. The van der Waals surface area contributed by atoms with Crippen LogP contribution in [0, 0.1) is 11.3 Å². The predicted molar refractivity (Wildman–Crippen MR) is 67.3 cm³/mol. The number of unbranched alkanes of at least 4 members (excludes halogenated alkanes) is 1. The Balaban J connectivity index is 2.65. The van der Waals surface area contributed by atoms with Crippen molar-refractivity contribution in [2.75, 3.05) is 5.32 Å². The van der Waals surface area contributed by atoms with Crippen molar-refractivity contribution in [3.63, 3.8) is 0 Å². The van der Waals surface area contributed by atoms with E-state index in [4.69, 9.17) is 11.0 Å². The zero-order valence-corrected chi connectivity index (χ0v) is 9.94. The molecular formula is C13H17N3O. The van der Waals surface area contributed by atoms with Gasteiger partial charge in [0.05, 0.1) is 17.3 Å². The topological polar surface area (TPSA) is 78.9 Å². The van der Waals surface area contributed by atoms with Crippen LogP contribution in [0.25, 0.3) is 0 Å². The monoisotopic (exact) mass is 231 g/mol. The van der Waals surface area contributed by atoms with Crippen molar-refractivity contribution in [1.82, 2.24) is 0 Å². The van der Waals surface area contributed by atoms with Gasteiger partial charge in [0.25, 0.3) is 0 Å². The second-order valence-corrected chi connectivity index (χ2v) is 3.90. The number of anilines is 1. The highest BCUT2D eigenvalue weighted by Gasteiger charge is 2.13. The smallest absolute Gasteiger partial charge is 0.241 e. The van der Waals surface area contributed by atoms with Gasteiger partial charge >= 0.3 is 0 Å². The highest BCUT2D eigenvalue weighted by atomic mass is 16.2. The Kier molecular flexibility index (Phi) is 5.18. The molecule has 1 amide bonds. The van der Waals surface area contributed by atoms with Crippen molar-refractivity contribution in [2.45, 2.75) is 32.2 Å². The van der Waals surface area contributed by atoms with Crippen molar-refractivity contribution in [1.29, 1.82) is 5.26 Å². The summed E-state index contributed by atoms with van der Waals surface area (Å²) < 4.78 is 0. The maximum atomic E-state index is 11.7. The average molecular weight is 231 g/mol. The number of hydrogen-bond acceptors (Lipinski definition) is 3. The van der Waals surface area contributed by atoms with Crippen molar-refractivity contribution < 1.29 is 4.79 Å². The van der Waals surface area contributed by atoms with E-state index in [1.54, 1.807) is 24.3 Å². The number of amides is 1. The number of hydrogen-bond donors (Lipinski definition) is 2. The zero-order chi connectivity index (χ0) is 12.7. The van der Waals surface area contributed by atoms with Crippen LogP contribution in [0.2, 0.25) is 0 Å². The Labute approximate surface area is 101 Å². The Bertz CT molecular complexity index is 423. The van der Waals surface area contributed by atoms with Gasteiger partial charge in [-0.15, -0.1) is 0 Å². The van der Waals surface area contributed by atoms with E-state index in [1.807, 2.05) is 6.07 Å². The first-order valence-electron chi connectivity index (χ1n) is 5.74. The molecule has 0 fully saturated rings. The molecule has 1 aromatic carbocycles. The number of benzene rings is 1. The summed E-state index contributed by atoms with van der Waals surface area (Å²) in [7, 11) is 0. The third-order valence-corrected chi connectivity index (χ3v) is 2.51. The van der Waals surface area contributed by atoms with E-state index >= 15 is 0 Å². The number of nitrogens with two attached hydrogens (primary N) is 1. The van der Waals surface area contributed by atoms with Crippen LogP contribution in [-0.4, -0.2) is 11.9 Å². The van der Waals surface area contributed by atoms with Crippen LogP contribution >= 0.6 is 0 Å². The molecule has 0 saturated carbocycles. The van der Waals surface area contributed by atoms with Gasteiger partial charge in [-0.05, 0) is 18.6 Å². The van der Waals surface area contributed by atoms with Gasteiger partial charge in [-0.1, -0.05) is 31.9 Å². The van der Waals surface area contributed by atoms with Crippen LogP contribution < -0.4 is 11.1 Å². The molecule has 0 bridgehead atoms. The Morgan fingerprint density at radius 2 is 2.24 bits per heavy atom. The summed E-state index contributed by atoms with van der Waals surface area (Å²) in [6, 6.07) is 8.40. The lowest BCUT2D eigenvalue weighted by Crippen LogP contribution is -2.35. The molecule has 4 nitrogen and oxygen atoms in total. The number of nitriles is 1.